The molecule has 0 saturated heterocycles. The second-order valence-corrected chi connectivity index (χ2v) is 5.87. The molecule has 0 amide bonds. The van der Waals surface area contributed by atoms with Crippen molar-refractivity contribution in [3.05, 3.63) is 35.4 Å². The average Bonchev–Trinajstić information content (AvgIpc) is 2.57. The molecule has 2 atom stereocenters. The molecule has 1 aromatic carbocycles. The monoisotopic (exact) mass is 339 g/mol. The molecular weight excluding hydrogens is 310 g/mol. The van der Waals surface area contributed by atoms with E-state index in [4.69, 9.17) is 14.2 Å². The molecule has 0 heterocycles. The molecule has 0 bridgehead atoms. The second kappa shape index (κ2) is 10.4. The molecule has 0 aromatic heterocycles. The Kier molecular flexibility index (Phi) is 8.92. The molecule has 1 N–H and O–H groups in total. The predicted molar refractivity (Wildman–Crippen MR) is 91.6 cm³/mol. The molecule has 0 aliphatic rings. The number of benzene rings is 1. The molecule has 0 fully saturated rings. The van der Waals surface area contributed by atoms with Gasteiger partial charge in [0.05, 0.1) is 18.6 Å². The lowest BCUT2D eigenvalue weighted by Gasteiger charge is -2.26. The predicted octanol–water partition coefficient (Wildman–Crippen LogP) is 1.62. The van der Waals surface area contributed by atoms with Gasteiger partial charge < -0.3 is 24.2 Å². The molecule has 1 aromatic rings. The van der Waals surface area contributed by atoms with E-state index in [1.54, 1.807) is 21.1 Å². The number of aliphatic hydroxyl groups excluding tert-OH is 1. The summed E-state index contributed by atoms with van der Waals surface area (Å²) in [6.45, 7) is 2.44. The summed E-state index contributed by atoms with van der Waals surface area (Å²) in [5.41, 5.74) is 1.57. The fourth-order valence-corrected chi connectivity index (χ4v) is 2.61. The molecule has 0 spiro atoms. The SMILES string of the molecule is CCOC(=O)C(CN(C)C)C(O)c1ccccc1CC(OC)OC. The van der Waals surface area contributed by atoms with E-state index in [-0.39, 0.29) is 6.61 Å². The van der Waals surface area contributed by atoms with Gasteiger partial charge in [-0.1, -0.05) is 24.3 Å². The van der Waals surface area contributed by atoms with E-state index in [9.17, 15) is 9.90 Å². The van der Waals surface area contributed by atoms with E-state index in [2.05, 4.69) is 0 Å². The van der Waals surface area contributed by atoms with Crippen LogP contribution in [0.3, 0.4) is 0 Å². The van der Waals surface area contributed by atoms with Gasteiger partial charge in [-0.15, -0.1) is 0 Å². The van der Waals surface area contributed by atoms with Crippen LogP contribution in [-0.2, 0) is 25.4 Å². The standard InChI is InChI=1S/C18H29NO5/c1-6-24-18(21)15(12-19(2)3)17(20)14-10-8-7-9-13(14)11-16(22-4)23-5/h7-10,15-17,20H,6,11-12H2,1-5H3. The van der Waals surface area contributed by atoms with Crippen molar-refractivity contribution in [1.82, 2.24) is 4.90 Å². The third-order valence-corrected chi connectivity index (χ3v) is 3.82. The van der Waals surface area contributed by atoms with E-state index < -0.39 is 24.3 Å². The molecule has 0 aliphatic heterocycles. The molecule has 6 heteroatoms. The normalized spacial score (nSPS) is 14.0. The fourth-order valence-electron chi connectivity index (χ4n) is 2.61. The van der Waals surface area contributed by atoms with Crippen molar-refractivity contribution in [2.24, 2.45) is 5.92 Å². The van der Waals surface area contributed by atoms with E-state index in [0.717, 1.165) is 5.56 Å². The molecule has 0 radical (unpaired) electrons. The molecule has 0 aliphatic carbocycles. The third-order valence-electron chi connectivity index (χ3n) is 3.82. The van der Waals surface area contributed by atoms with Gasteiger partial charge in [-0.25, -0.2) is 0 Å². The van der Waals surface area contributed by atoms with Crippen LogP contribution in [0.25, 0.3) is 0 Å². The number of hydrogen-bond donors (Lipinski definition) is 1. The van der Waals surface area contributed by atoms with Gasteiger partial charge in [0.15, 0.2) is 6.29 Å². The first kappa shape index (κ1) is 20.6. The average molecular weight is 339 g/mol. The number of hydrogen-bond acceptors (Lipinski definition) is 6. The Morgan fingerprint density at radius 2 is 1.83 bits per heavy atom. The summed E-state index contributed by atoms with van der Waals surface area (Å²) >= 11 is 0. The molecule has 0 saturated carbocycles. The van der Waals surface area contributed by atoms with Gasteiger partial charge in [0.1, 0.15) is 0 Å². The number of ether oxygens (including phenoxy) is 3. The highest BCUT2D eigenvalue weighted by atomic mass is 16.7. The highest BCUT2D eigenvalue weighted by Gasteiger charge is 2.31. The van der Waals surface area contributed by atoms with Crippen LogP contribution in [0.2, 0.25) is 0 Å². The minimum Gasteiger partial charge on any atom is -0.466 e. The molecule has 2 unspecified atom stereocenters. The number of esters is 1. The summed E-state index contributed by atoms with van der Waals surface area (Å²) in [7, 11) is 6.86. The summed E-state index contributed by atoms with van der Waals surface area (Å²) in [5, 5.41) is 10.9. The Labute approximate surface area is 144 Å². The van der Waals surface area contributed by atoms with Gasteiger partial charge in [0.25, 0.3) is 0 Å². The first-order chi connectivity index (χ1) is 11.4. The minimum absolute atomic E-state index is 0.284. The Morgan fingerprint density at radius 3 is 2.38 bits per heavy atom. The van der Waals surface area contributed by atoms with Crippen LogP contribution >= 0.6 is 0 Å². The molecule has 136 valence electrons. The maximum Gasteiger partial charge on any atom is 0.313 e. The first-order valence-electron chi connectivity index (χ1n) is 8.07. The van der Waals surface area contributed by atoms with Gasteiger partial charge >= 0.3 is 5.97 Å². The Morgan fingerprint density at radius 1 is 1.21 bits per heavy atom. The Bertz CT molecular complexity index is 502. The zero-order chi connectivity index (χ0) is 18.1. The number of methoxy groups -OCH3 is 2. The van der Waals surface area contributed by atoms with Gasteiger partial charge in [-0.3, -0.25) is 4.79 Å². The molecule has 1 rings (SSSR count). The van der Waals surface area contributed by atoms with Crippen molar-refractivity contribution < 1.29 is 24.1 Å². The van der Waals surface area contributed by atoms with E-state index >= 15 is 0 Å². The molecule has 6 nitrogen and oxygen atoms in total. The van der Waals surface area contributed by atoms with Gasteiger partial charge in [0.2, 0.25) is 0 Å². The van der Waals surface area contributed by atoms with Crippen molar-refractivity contribution in [2.45, 2.75) is 25.7 Å². The first-order valence-corrected chi connectivity index (χ1v) is 8.07. The van der Waals surface area contributed by atoms with Crippen molar-refractivity contribution >= 4 is 5.97 Å². The van der Waals surface area contributed by atoms with Gasteiger partial charge in [0, 0.05) is 27.2 Å². The maximum atomic E-state index is 12.3. The highest BCUT2D eigenvalue weighted by Crippen LogP contribution is 2.28. The van der Waals surface area contributed by atoms with Crippen LogP contribution < -0.4 is 0 Å². The largest absolute Gasteiger partial charge is 0.466 e. The van der Waals surface area contributed by atoms with Crippen molar-refractivity contribution in [3.63, 3.8) is 0 Å². The second-order valence-electron chi connectivity index (χ2n) is 5.87. The van der Waals surface area contributed by atoms with Crippen LogP contribution in [0.15, 0.2) is 24.3 Å². The Hall–Kier alpha value is -1.47. The van der Waals surface area contributed by atoms with Crippen LogP contribution in [-0.4, -0.2) is 63.7 Å². The number of rotatable bonds is 10. The summed E-state index contributed by atoms with van der Waals surface area (Å²) in [5.74, 6) is -1.06. The van der Waals surface area contributed by atoms with E-state index in [1.165, 1.54) is 0 Å². The van der Waals surface area contributed by atoms with Crippen LogP contribution in [0, 0.1) is 5.92 Å². The van der Waals surface area contributed by atoms with Crippen molar-refractivity contribution in [3.8, 4) is 0 Å². The van der Waals surface area contributed by atoms with E-state index in [0.29, 0.717) is 18.5 Å². The molecular formula is C18H29NO5. The zero-order valence-corrected chi connectivity index (χ0v) is 15.2. The van der Waals surface area contributed by atoms with E-state index in [1.807, 2.05) is 43.3 Å². The summed E-state index contributed by atoms with van der Waals surface area (Å²) in [6, 6.07) is 7.46. The smallest absolute Gasteiger partial charge is 0.313 e. The number of carbonyl (C=O) groups is 1. The highest BCUT2D eigenvalue weighted by molar-refractivity contribution is 5.73. The third kappa shape index (κ3) is 5.87. The summed E-state index contributed by atoms with van der Waals surface area (Å²) in [4.78, 5) is 14.1. The molecule has 24 heavy (non-hydrogen) atoms. The maximum absolute atomic E-state index is 12.3. The lowest BCUT2D eigenvalue weighted by Crippen LogP contribution is -2.34. The number of carbonyl (C=O) groups excluding carboxylic acids is 1. The number of aliphatic hydroxyl groups is 1. The van der Waals surface area contributed by atoms with Crippen LogP contribution in [0.5, 0.6) is 0 Å². The fraction of sp³-hybridized carbons (Fsp3) is 0.611. The quantitative estimate of drug-likeness (QED) is 0.516. The minimum atomic E-state index is -0.961. The lowest BCUT2D eigenvalue weighted by atomic mass is 9.90. The van der Waals surface area contributed by atoms with Gasteiger partial charge in [-0.2, -0.15) is 0 Å². The van der Waals surface area contributed by atoms with Crippen molar-refractivity contribution in [2.75, 3.05) is 41.5 Å². The van der Waals surface area contributed by atoms with Crippen molar-refractivity contribution in [1.29, 1.82) is 0 Å². The lowest BCUT2D eigenvalue weighted by molar-refractivity contribution is -0.153. The summed E-state index contributed by atoms with van der Waals surface area (Å²) < 4.78 is 15.6. The Balaban J connectivity index is 3.09. The topological polar surface area (TPSA) is 68.2 Å². The van der Waals surface area contributed by atoms with Crippen LogP contribution in [0.4, 0.5) is 0 Å². The van der Waals surface area contributed by atoms with Gasteiger partial charge in [-0.05, 0) is 32.1 Å². The summed E-state index contributed by atoms with van der Waals surface area (Å²) in [6.07, 6.45) is -0.886. The number of nitrogens with zero attached hydrogens (tertiary/aromatic N) is 1. The van der Waals surface area contributed by atoms with Crippen LogP contribution in [0.1, 0.15) is 24.2 Å². The zero-order valence-electron chi connectivity index (χ0n) is 15.2.